The minimum atomic E-state index is -0.0497. The van der Waals surface area contributed by atoms with Gasteiger partial charge >= 0.3 is 0 Å². The molecular weight excluding hydrogens is 140 g/mol. The van der Waals surface area contributed by atoms with Gasteiger partial charge < -0.3 is 9.47 Å². The molecule has 1 atom stereocenters. The Labute approximate surface area is 69.9 Å². The van der Waals surface area contributed by atoms with Crippen molar-refractivity contribution in [2.24, 2.45) is 0 Å². The second kappa shape index (κ2) is 4.73. The molecule has 0 heterocycles. The standard InChI is InChI=1S/C9H20O2/c1-6-8(10-5)7-11-9(2,3)4/h8H,6-7H2,1-5H3. The third-order valence-corrected chi connectivity index (χ3v) is 1.49. The van der Waals surface area contributed by atoms with Crippen LogP contribution in [0, 0.1) is 0 Å². The summed E-state index contributed by atoms with van der Waals surface area (Å²) in [5.74, 6) is 0. The number of hydrogen-bond acceptors (Lipinski definition) is 2. The molecule has 11 heavy (non-hydrogen) atoms. The topological polar surface area (TPSA) is 18.5 Å². The highest BCUT2D eigenvalue weighted by Gasteiger charge is 2.13. The molecule has 0 aliphatic heterocycles. The summed E-state index contributed by atoms with van der Waals surface area (Å²) < 4.78 is 10.7. The predicted molar refractivity (Wildman–Crippen MR) is 46.8 cm³/mol. The van der Waals surface area contributed by atoms with Crippen molar-refractivity contribution in [3.63, 3.8) is 0 Å². The first-order valence-electron chi connectivity index (χ1n) is 4.16. The van der Waals surface area contributed by atoms with Crippen molar-refractivity contribution < 1.29 is 9.47 Å². The maximum Gasteiger partial charge on any atom is 0.0802 e. The van der Waals surface area contributed by atoms with Gasteiger partial charge in [0.25, 0.3) is 0 Å². The summed E-state index contributed by atoms with van der Waals surface area (Å²) in [5.41, 5.74) is -0.0497. The van der Waals surface area contributed by atoms with Crippen LogP contribution < -0.4 is 0 Å². The Morgan fingerprint density at radius 1 is 1.27 bits per heavy atom. The summed E-state index contributed by atoms with van der Waals surface area (Å²) in [4.78, 5) is 0. The van der Waals surface area contributed by atoms with Crippen LogP contribution in [0.3, 0.4) is 0 Å². The summed E-state index contributed by atoms with van der Waals surface area (Å²) in [6.07, 6.45) is 1.25. The smallest absolute Gasteiger partial charge is 0.0802 e. The van der Waals surface area contributed by atoms with E-state index < -0.39 is 0 Å². The lowest BCUT2D eigenvalue weighted by Crippen LogP contribution is -2.26. The van der Waals surface area contributed by atoms with Crippen molar-refractivity contribution in [1.29, 1.82) is 0 Å². The van der Waals surface area contributed by atoms with E-state index in [2.05, 4.69) is 27.7 Å². The maximum absolute atomic E-state index is 5.55. The second-order valence-corrected chi connectivity index (χ2v) is 3.69. The van der Waals surface area contributed by atoms with Crippen LogP contribution in [0.15, 0.2) is 0 Å². The molecule has 0 aliphatic carbocycles. The first kappa shape index (κ1) is 10.9. The van der Waals surface area contributed by atoms with Crippen LogP contribution in [0.4, 0.5) is 0 Å². The zero-order valence-corrected chi connectivity index (χ0v) is 8.31. The van der Waals surface area contributed by atoms with Crippen molar-refractivity contribution in [2.45, 2.75) is 45.8 Å². The second-order valence-electron chi connectivity index (χ2n) is 3.69. The molecule has 0 aromatic rings. The minimum Gasteiger partial charge on any atom is -0.379 e. The average molecular weight is 160 g/mol. The van der Waals surface area contributed by atoms with E-state index in [9.17, 15) is 0 Å². The molecule has 0 amide bonds. The molecule has 0 N–H and O–H groups in total. The molecule has 2 heteroatoms. The molecule has 68 valence electrons. The van der Waals surface area contributed by atoms with Gasteiger partial charge in [0.2, 0.25) is 0 Å². The van der Waals surface area contributed by atoms with Gasteiger partial charge in [-0.2, -0.15) is 0 Å². The van der Waals surface area contributed by atoms with Crippen LogP contribution in [0.5, 0.6) is 0 Å². The van der Waals surface area contributed by atoms with Crippen molar-refractivity contribution in [1.82, 2.24) is 0 Å². The van der Waals surface area contributed by atoms with Crippen LogP contribution in [-0.2, 0) is 9.47 Å². The lowest BCUT2D eigenvalue weighted by Gasteiger charge is -2.22. The van der Waals surface area contributed by atoms with Crippen molar-refractivity contribution in [3.05, 3.63) is 0 Å². The number of hydrogen-bond donors (Lipinski definition) is 0. The summed E-state index contributed by atoms with van der Waals surface area (Å²) in [6.45, 7) is 8.94. The Morgan fingerprint density at radius 2 is 1.82 bits per heavy atom. The first-order chi connectivity index (χ1) is 4.99. The van der Waals surface area contributed by atoms with Crippen molar-refractivity contribution in [3.8, 4) is 0 Å². The third-order valence-electron chi connectivity index (χ3n) is 1.49. The fourth-order valence-electron chi connectivity index (χ4n) is 0.696. The third kappa shape index (κ3) is 6.32. The SMILES string of the molecule is CCC(COC(C)(C)C)OC. The van der Waals surface area contributed by atoms with Crippen LogP contribution in [0.1, 0.15) is 34.1 Å². The van der Waals surface area contributed by atoms with Gasteiger partial charge in [0.1, 0.15) is 0 Å². The monoisotopic (exact) mass is 160 g/mol. The molecule has 0 radical (unpaired) electrons. The highest BCUT2D eigenvalue weighted by atomic mass is 16.5. The van der Waals surface area contributed by atoms with E-state index >= 15 is 0 Å². The Bertz CT molecular complexity index is 90.2. The lowest BCUT2D eigenvalue weighted by molar-refractivity contribution is -0.0613. The van der Waals surface area contributed by atoms with E-state index in [4.69, 9.17) is 9.47 Å². The van der Waals surface area contributed by atoms with Crippen molar-refractivity contribution in [2.75, 3.05) is 13.7 Å². The molecular formula is C9H20O2. The molecule has 2 nitrogen and oxygen atoms in total. The molecule has 0 aromatic carbocycles. The van der Waals surface area contributed by atoms with E-state index in [1.54, 1.807) is 7.11 Å². The van der Waals surface area contributed by atoms with Gasteiger partial charge in [-0.1, -0.05) is 6.92 Å². The normalized spacial score (nSPS) is 15.0. The fourth-order valence-corrected chi connectivity index (χ4v) is 0.696. The first-order valence-corrected chi connectivity index (χ1v) is 4.16. The maximum atomic E-state index is 5.55. The number of ether oxygens (including phenoxy) is 2. The average Bonchev–Trinajstić information content (AvgIpc) is 1.88. The Hall–Kier alpha value is -0.0800. The molecule has 0 saturated carbocycles. The minimum absolute atomic E-state index is 0.0497. The van der Waals surface area contributed by atoms with E-state index in [-0.39, 0.29) is 11.7 Å². The lowest BCUT2D eigenvalue weighted by atomic mass is 10.2. The van der Waals surface area contributed by atoms with E-state index in [1.165, 1.54) is 0 Å². The van der Waals surface area contributed by atoms with E-state index in [1.807, 2.05) is 0 Å². The number of methoxy groups -OCH3 is 1. The summed E-state index contributed by atoms with van der Waals surface area (Å²) in [5, 5.41) is 0. The Balaban J connectivity index is 3.51. The highest BCUT2D eigenvalue weighted by Crippen LogP contribution is 2.08. The van der Waals surface area contributed by atoms with Crippen LogP contribution >= 0.6 is 0 Å². The molecule has 0 aliphatic rings. The molecule has 0 rings (SSSR count). The highest BCUT2D eigenvalue weighted by molar-refractivity contribution is 4.61. The van der Waals surface area contributed by atoms with Gasteiger partial charge in [0.05, 0.1) is 18.3 Å². The molecule has 1 unspecified atom stereocenters. The van der Waals surface area contributed by atoms with Gasteiger partial charge in [-0.3, -0.25) is 0 Å². The van der Waals surface area contributed by atoms with Crippen LogP contribution in [0.25, 0.3) is 0 Å². The zero-order valence-electron chi connectivity index (χ0n) is 8.31. The number of rotatable bonds is 4. The molecule has 0 aromatic heterocycles. The molecule has 0 fully saturated rings. The van der Waals surface area contributed by atoms with E-state index in [0.717, 1.165) is 6.42 Å². The van der Waals surface area contributed by atoms with Gasteiger partial charge in [-0.25, -0.2) is 0 Å². The predicted octanol–water partition coefficient (Wildman–Crippen LogP) is 2.23. The van der Waals surface area contributed by atoms with Crippen LogP contribution in [0.2, 0.25) is 0 Å². The fraction of sp³-hybridized carbons (Fsp3) is 1.00. The quantitative estimate of drug-likeness (QED) is 0.628. The Kier molecular flexibility index (Phi) is 4.69. The van der Waals surface area contributed by atoms with Crippen molar-refractivity contribution >= 4 is 0 Å². The molecule has 0 spiro atoms. The van der Waals surface area contributed by atoms with Gasteiger partial charge in [-0.05, 0) is 27.2 Å². The molecule has 0 bridgehead atoms. The summed E-state index contributed by atoms with van der Waals surface area (Å²) in [7, 11) is 1.72. The zero-order chi connectivity index (χ0) is 8.91. The van der Waals surface area contributed by atoms with Crippen LogP contribution in [-0.4, -0.2) is 25.4 Å². The van der Waals surface area contributed by atoms with Gasteiger partial charge in [-0.15, -0.1) is 0 Å². The van der Waals surface area contributed by atoms with Gasteiger partial charge in [0, 0.05) is 7.11 Å². The largest absolute Gasteiger partial charge is 0.379 e. The molecule has 0 saturated heterocycles. The van der Waals surface area contributed by atoms with E-state index in [0.29, 0.717) is 6.61 Å². The summed E-state index contributed by atoms with van der Waals surface area (Å²) >= 11 is 0. The Morgan fingerprint density at radius 3 is 2.09 bits per heavy atom. The van der Waals surface area contributed by atoms with Gasteiger partial charge in [0.15, 0.2) is 0 Å². The summed E-state index contributed by atoms with van der Waals surface area (Å²) in [6, 6.07) is 0.